The van der Waals surface area contributed by atoms with Gasteiger partial charge in [0.05, 0.1) is 19.8 Å². The molecule has 0 saturated heterocycles. The van der Waals surface area contributed by atoms with E-state index >= 15 is 0 Å². The number of nitrogens with zero attached hydrogens (tertiary/aromatic N) is 3. The van der Waals surface area contributed by atoms with E-state index in [0.717, 1.165) is 36.5 Å². The lowest BCUT2D eigenvalue weighted by molar-refractivity contribution is -0.117. The fourth-order valence-electron chi connectivity index (χ4n) is 3.00. The Morgan fingerprint density at radius 1 is 1.38 bits per heavy atom. The van der Waals surface area contributed by atoms with Crippen LogP contribution in [0.4, 0.5) is 11.6 Å². The van der Waals surface area contributed by atoms with Crippen molar-refractivity contribution in [2.45, 2.75) is 25.8 Å². The number of anilines is 2. The molecule has 1 fully saturated rings. The molecule has 26 heavy (non-hydrogen) atoms. The number of nitrogens with one attached hydrogen (secondary N) is 2. The molecular formula is C19H23N5O2. The molecule has 4 rings (SSSR count). The number of carbonyl (C=O) groups is 1. The average molecular weight is 353 g/mol. The highest BCUT2D eigenvalue weighted by Gasteiger charge is 2.30. The third kappa shape index (κ3) is 3.77. The van der Waals surface area contributed by atoms with Crippen molar-refractivity contribution in [2.75, 3.05) is 23.8 Å². The fourth-order valence-corrected chi connectivity index (χ4v) is 3.00. The van der Waals surface area contributed by atoms with Gasteiger partial charge in [-0.3, -0.25) is 4.79 Å². The average Bonchev–Trinajstić information content (AvgIpc) is 3.44. The molecule has 1 amide bonds. The van der Waals surface area contributed by atoms with Crippen LogP contribution in [0.3, 0.4) is 0 Å². The molecule has 2 aromatic rings. The molecule has 0 radical (unpaired) electrons. The summed E-state index contributed by atoms with van der Waals surface area (Å²) in [5.41, 5.74) is 2.26. The van der Waals surface area contributed by atoms with Crippen LogP contribution in [0.2, 0.25) is 0 Å². The van der Waals surface area contributed by atoms with Crippen LogP contribution in [-0.4, -0.2) is 33.7 Å². The Morgan fingerprint density at radius 2 is 2.27 bits per heavy atom. The van der Waals surface area contributed by atoms with Gasteiger partial charge in [-0.05, 0) is 37.0 Å². The zero-order valence-corrected chi connectivity index (χ0v) is 14.9. The summed E-state index contributed by atoms with van der Waals surface area (Å²) in [4.78, 5) is 21.1. The van der Waals surface area contributed by atoms with Gasteiger partial charge in [0.25, 0.3) is 0 Å². The van der Waals surface area contributed by atoms with Crippen LogP contribution in [0.1, 0.15) is 30.7 Å². The summed E-state index contributed by atoms with van der Waals surface area (Å²) in [5, 5.41) is 6.31. The second-order valence-corrected chi connectivity index (χ2v) is 6.72. The molecule has 2 aliphatic rings. The number of pyridine rings is 1. The van der Waals surface area contributed by atoms with Crippen LogP contribution >= 0.6 is 0 Å². The highest BCUT2D eigenvalue weighted by Crippen LogP contribution is 2.31. The Hall–Kier alpha value is -2.67. The second-order valence-electron chi connectivity index (χ2n) is 6.72. The number of ether oxygens (including phenoxy) is 1. The van der Waals surface area contributed by atoms with Gasteiger partial charge in [0.2, 0.25) is 5.91 Å². The van der Waals surface area contributed by atoms with E-state index in [-0.39, 0.29) is 11.8 Å². The molecule has 0 spiro atoms. The van der Waals surface area contributed by atoms with E-state index in [1.807, 2.05) is 29.9 Å². The number of aromatic nitrogens is 3. The first-order valence-electron chi connectivity index (χ1n) is 9.00. The zero-order valence-electron chi connectivity index (χ0n) is 14.9. The van der Waals surface area contributed by atoms with Crippen molar-refractivity contribution in [2.24, 2.45) is 13.0 Å². The standard InChI is InChI=1S/C19H23N5O2/c1-24-9-8-20-17(24)12-21-18-15(13-6-10-26-11-7-13)4-5-16(22-18)23-19(25)14-2-3-14/h4-6,8-9,14H,2-3,7,10-12H2,1H3,(H2,21,22,23,25). The molecule has 1 saturated carbocycles. The zero-order chi connectivity index (χ0) is 17.9. The predicted molar refractivity (Wildman–Crippen MR) is 99.5 cm³/mol. The molecule has 0 aromatic carbocycles. The highest BCUT2D eigenvalue weighted by atomic mass is 16.5. The van der Waals surface area contributed by atoms with Gasteiger partial charge in [-0.2, -0.15) is 0 Å². The molecule has 0 unspecified atom stereocenters. The van der Waals surface area contributed by atoms with Crippen LogP contribution in [0.15, 0.2) is 30.6 Å². The number of aryl methyl sites for hydroxylation is 1. The first-order valence-corrected chi connectivity index (χ1v) is 9.00. The Kier molecular flexibility index (Phi) is 4.71. The van der Waals surface area contributed by atoms with Gasteiger partial charge in [-0.1, -0.05) is 6.08 Å². The molecular weight excluding hydrogens is 330 g/mol. The summed E-state index contributed by atoms with van der Waals surface area (Å²) in [5.74, 6) is 2.48. The number of hydrogen-bond acceptors (Lipinski definition) is 5. The predicted octanol–water partition coefficient (Wildman–Crippen LogP) is 2.58. The number of carbonyl (C=O) groups excluding carboxylic acids is 1. The minimum Gasteiger partial charge on any atom is -0.377 e. The molecule has 2 aromatic heterocycles. The molecule has 1 aliphatic heterocycles. The monoisotopic (exact) mass is 353 g/mol. The summed E-state index contributed by atoms with van der Waals surface area (Å²) < 4.78 is 7.39. The number of hydrogen-bond donors (Lipinski definition) is 2. The van der Waals surface area contributed by atoms with E-state index < -0.39 is 0 Å². The van der Waals surface area contributed by atoms with Crippen LogP contribution < -0.4 is 10.6 Å². The summed E-state index contributed by atoms with van der Waals surface area (Å²) in [7, 11) is 1.96. The van der Waals surface area contributed by atoms with Crippen molar-refractivity contribution >= 4 is 23.1 Å². The quantitative estimate of drug-likeness (QED) is 0.834. The highest BCUT2D eigenvalue weighted by molar-refractivity contribution is 5.93. The van der Waals surface area contributed by atoms with Crippen molar-refractivity contribution in [1.82, 2.24) is 14.5 Å². The maximum atomic E-state index is 12.0. The van der Waals surface area contributed by atoms with Gasteiger partial charge in [-0.25, -0.2) is 9.97 Å². The van der Waals surface area contributed by atoms with Gasteiger partial charge in [0, 0.05) is 30.9 Å². The third-order valence-electron chi connectivity index (χ3n) is 4.74. The Balaban J connectivity index is 1.58. The lowest BCUT2D eigenvalue weighted by atomic mass is 10.0. The molecule has 136 valence electrons. The van der Waals surface area contributed by atoms with Crippen LogP contribution in [0, 0.1) is 5.92 Å². The van der Waals surface area contributed by atoms with Crippen LogP contribution in [0.25, 0.3) is 5.57 Å². The van der Waals surface area contributed by atoms with E-state index in [4.69, 9.17) is 4.74 Å². The van der Waals surface area contributed by atoms with E-state index in [9.17, 15) is 4.79 Å². The van der Waals surface area contributed by atoms with Gasteiger partial charge in [0.1, 0.15) is 17.5 Å². The summed E-state index contributed by atoms with van der Waals surface area (Å²) >= 11 is 0. The summed E-state index contributed by atoms with van der Waals surface area (Å²) in [6.07, 6.45) is 8.58. The van der Waals surface area contributed by atoms with Gasteiger partial charge < -0.3 is 19.9 Å². The minimum absolute atomic E-state index is 0.0607. The molecule has 0 atom stereocenters. The maximum Gasteiger partial charge on any atom is 0.228 e. The molecule has 2 N–H and O–H groups in total. The Morgan fingerprint density at radius 3 is 2.96 bits per heavy atom. The smallest absolute Gasteiger partial charge is 0.228 e. The summed E-state index contributed by atoms with van der Waals surface area (Å²) in [6, 6.07) is 3.89. The van der Waals surface area contributed by atoms with E-state index in [2.05, 4.69) is 26.7 Å². The van der Waals surface area contributed by atoms with Gasteiger partial charge >= 0.3 is 0 Å². The molecule has 1 aliphatic carbocycles. The van der Waals surface area contributed by atoms with Crippen LogP contribution in [0.5, 0.6) is 0 Å². The second kappa shape index (κ2) is 7.29. The van der Waals surface area contributed by atoms with E-state index in [0.29, 0.717) is 25.6 Å². The lowest BCUT2D eigenvalue weighted by Crippen LogP contribution is -2.16. The maximum absolute atomic E-state index is 12.0. The third-order valence-corrected chi connectivity index (χ3v) is 4.74. The number of amides is 1. The molecule has 7 heteroatoms. The number of rotatable bonds is 6. The van der Waals surface area contributed by atoms with Crippen molar-refractivity contribution in [3.8, 4) is 0 Å². The van der Waals surface area contributed by atoms with E-state index in [1.54, 1.807) is 6.20 Å². The molecule has 0 bridgehead atoms. The van der Waals surface area contributed by atoms with Gasteiger partial charge in [-0.15, -0.1) is 0 Å². The summed E-state index contributed by atoms with van der Waals surface area (Å²) in [6.45, 7) is 1.90. The Bertz CT molecular complexity index is 838. The van der Waals surface area contributed by atoms with Crippen molar-refractivity contribution in [3.63, 3.8) is 0 Å². The van der Waals surface area contributed by atoms with Crippen molar-refractivity contribution < 1.29 is 9.53 Å². The van der Waals surface area contributed by atoms with Crippen LogP contribution in [-0.2, 0) is 23.1 Å². The topological polar surface area (TPSA) is 81.1 Å². The number of imidazole rings is 1. The lowest BCUT2D eigenvalue weighted by Gasteiger charge is -2.18. The van der Waals surface area contributed by atoms with Gasteiger partial charge in [0.15, 0.2) is 0 Å². The fraction of sp³-hybridized carbons (Fsp3) is 0.421. The molecule has 3 heterocycles. The van der Waals surface area contributed by atoms with Crippen molar-refractivity contribution in [3.05, 3.63) is 42.0 Å². The Labute approximate surface area is 152 Å². The minimum atomic E-state index is 0.0607. The first-order chi connectivity index (χ1) is 12.7. The largest absolute Gasteiger partial charge is 0.377 e. The van der Waals surface area contributed by atoms with E-state index in [1.165, 1.54) is 5.57 Å². The first kappa shape index (κ1) is 16.8. The molecule has 7 nitrogen and oxygen atoms in total. The normalized spacial score (nSPS) is 16.9. The van der Waals surface area contributed by atoms with Crippen molar-refractivity contribution in [1.29, 1.82) is 0 Å². The SMILES string of the molecule is Cn1ccnc1CNc1nc(NC(=O)C2CC2)ccc1C1=CCOCC1.